The molecular weight excluding hydrogens is 172 g/mol. The molecular formula is C9H12O4. The van der Waals surface area contributed by atoms with Crippen molar-refractivity contribution in [2.75, 3.05) is 6.61 Å². The van der Waals surface area contributed by atoms with Gasteiger partial charge in [0.2, 0.25) is 5.78 Å². The number of carbonyl (C=O) groups is 3. The van der Waals surface area contributed by atoms with Crippen molar-refractivity contribution in [3.05, 3.63) is 0 Å². The molecule has 1 aliphatic carbocycles. The second kappa shape index (κ2) is 4.16. The normalized spacial score (nSPS) is 22.1. The first-order chi connectivity index (χ1) is 6.15. The Hall–Kier alpha value is -1.19. The third kappa shape index (κ3) is 2.37. The van der Waals surface area contributed by atoms with Crippen LogP contribution >= 0.6 is 0 Å². The lowest BCUT2D eigenvalue weighted by atomic mass is 10.0. The van der Waals surface area contributed by atoms with Crippen molar-refractivity contribution in [1.82, 2.24) is 0 Å². The van der Waals surface area contributed by atoms with Crippen LogP contribution in [0.25, 0.3) is 0 Å². The number of ketones is 2. The third-order valence-corrected chi connectivity index (χ3v) is 2.08. The van der Waals surface area contributed by atoms with E-state index in [9.17, 15) is 14.4 Å². The number of hydrogen-bond acceptors (Lipinski definition) is 4. The van der Waals surface area contributed by atoms with Crippen LogP contribution in [0.15, 0.2) is 0 Å². The van der Waals surface area contributed by atoms with E-state index in [1.165, 1.54) is 0 Å². The van der Waals surface area contributed by atoms with Crippen LogP contribution in [0, 0.1) is 5.92 Å². The Kier molecular flexibility index (Phi) is 3.17. The zero-order valence-electron chi connectivity index (χ0n) is 7.54. The van der Waals surface area contributed by atoms with Crippen LogP contribution in [-0.2, 0) is 19.1 Å². The van der Waals surface area contributed by atoms with Gasteiger partial charge in [0.05, 0.1) is 13.0 Å². The number of rotatable bonds is 3. The molecule has 72 valence electrons. The minimum absolute atomic E-state index is 0.0540. The van der Waals surface area contributed by atoms with E-state index in [4.69, 9.17) is 0 Å². The number of carbonyl (C=O) groups excluding carboxylic acids is 3. The molecule has 0 aromatic rings. The van der Waals surface area contributed by atoms with Crippen molar-refractivity contribution in [1.29, 1.82) is 0 Å². The molecule has 0 heterocycles. The molecule has 0 saturated heterocycles. The maximum Gasteiger partial charge on any atom is 0.306 e. The predicted octanol–water partition coefficient (Wildman–Crippen LogP) is 0.488. The molecule has 0 bridgehead atoms. The topological polar surface area (TPSA) is 60.4 Å². The quantitative estimate of drug-likeness (QED) is 0.473. The summed E-state index contributed by atoms with van der Waals surface area (Å²) in [4.78, 5) is 32.9. The Labute approximate surface area is 76.3 Å². The molecule has 0 amide bonds. The van der Waals surface area contributed by atoms with Crippen LogP contribution < -0.4 is 0 Å². The monoisotopic (exact) mass is 184 g/mol. The Morgan fingerprint density at radius 2 is 2.23 bits per heavy atom. The van der Waals surface area contributed by atoms with E-state index in [0.29, 0.717) is 13.0 Å². The van der Waals surface area contributed by atoms with Crippen molar-refractivity contribution in [3.8, 4) is 0 Å². The Balaban J connectivity index is 2.42. The Morgan fingerprint density at radius 3 is 2.69 bits per heavy atom. The summed E-state index contributed by atoms with van der Waals surface area (Å²) < 4.78 is 4.68. The average molecular weight is 184 g/mol. The lowest BCUT2D eigenvalue weighted by Gasteiger charge is -2.05. The first-order valence-corrected chi connectivity index (χ1v) is 4.37. The van der Waals surface area contributed by atoms with E-state index < -0.39 is 17.7 Å². The van der Waals surface area contributed by atoms with Crippen LogP contribution in [-0.4, -0.2) is 24.1 Å². The molecule has 1 saturated carbocycles. The predicted molar refractivity (Wildman–Crippen MR) is 44.0 cm³/mol. The number of ether oxygens (including phenoxy) is 1. The van der Waals surface area contributed by atoms with E-state index in [1.807, 2.05) is 0 Å². The summed E-state index contributed by atoms with van der Waals surface area (Å²) in [6.07, 6.45) is 0.831. The van der Waals surface area contributed by atoms with Gasteiger partial charge in [0.1, 0.15) is 0 Å². The van der Waals surface area contributed by atoms with Crippen LogP contribution in [0.2, 0.25) is 0 Å². The van der Waals surface area contributed by atoms with Gasteiger partial charge < -0.3 is 4.74 Å². The molecule has 1 fully saturated rings. The molecule has 13 heavy (non-hydrogen) atoms. The van der Waals surface area contributed by atoms with Crippen LogP contribution in [0.1, 0.15) is 26.2 Å². The highest BCUT2D eigenvalue weighted by Gasteiger charge is 2.33. The molecule has 1 aliphatic rings. The van der Waals surface area contributed by atoms with Crippen LogP contribution in [0.4, 0.5) is 0 Å². The number of esters is 1. The van der Waals surface area contributed by atoms with Crippen LogP contribution in [0.5, 0.6) is 0 Å². The maximum absolute atomic E-state index is 11.1. The highest BCUT2D eigenvalue weighted by molar-refractivity contribution is 6.40. The first-order valence-electron chi connectivity index (χ1n) is 4.37. The molecule has 0 aliphatic heterocycles. The van der Waals surface area contributed by atoms with Gasteiger partial charge in [-0.05, 0) is 13.3 Å². The van der Waals surface area contributed by atoms with E-state index in [2.05, 4.69) is 4.74 Å². The minimum Gasteiger partial charge on any atom is -0.466 e. The third-order valence-electron chi connectivity index (χ3n) is 2.08. The number of Topliss-reactive ketones (excluding diaryl/α,β-unsaturated/α-hetero) is 2. The summed E-state index contributed by atoms with van der Waals surface area (Å²) in [6.45, 7) is 2.02. The largest absolute Gasteiger partial charge is 0.466 e. The summed E-state index contributed by atoms with van der Waals surface area (Å²) in [5.41, 5.74) is 0. The van der Waals surface area contributed by atoms with Crippen molar-refractivity contribution in [2.45, 2.75) is 26.2 Å². The number of hydrogen-bond donors (Lipinski definition) is 0. The standard InChI is InChI=1S/C9H12O4/c1-2-13-8(11)5-6-3-4-7(10)9(6)12/h6H,2-5H2,1H3. The van der Waals surface area contributed by atoms with Gasteiger partial charge in [-0.15, -0.1) is 0 Å². The lowest BCUT2D eigenvalue weighted by Crippen LogP contribution is -2.18. The van der Waals surface area contributed by atoms with Gasteiger partial charge >= 0.3 is 5.97 Å². The van der Waals surface area contributed by atoms with Crippen molar-refractivity contribution in [3.63, 3.8) is 0 Å². The van der Waals surface area contributed by atoms with Gasteiger partial charge in [0.15, 0.2) is 5.78 Å². The molecule has 4 nitrogen and oxygen atoms in total. The second-order valence-electron chi connectivity index (χ2n) is 3.03. The van der Waals surface area contributed by atoms with E-state index >= 15 is 0 Å². The Morgan fingerprint density at radius 1 is 1.54 bits per heavy atom. The molecule has 0 radical (unpaired) electrons. The highest BCUT2D eigenvalue weighted by atomic mass is 16.5. The zero-order valence-corrected chi connectivity index (χ0v) is 7.54. The van der Waals surface area contributed by atoms with Gasteiger partial charge in [-0.2, -0.15) is 0 Å². The fraction of sp³-hybridized carbons (Fsp3) is 0.667. The molecule has 1 rings (SSSR count). The van der Waals surface area contributed by atoms with Gasteiger partial charge in [-0.25, -0.2) is 0 Å². The van der Waals surface area contributed by atoms with E-state index in [1.54, 1.807) is 6.92 Å². The molecule has 4 heteroatoms. The highest BCUT2D eigenvalue weighted by Crippen LogP contribution is 2.22. The molecule has 0 aromatic heterocycles. The molecule has 0 N–H and O–H groups in total. The lowest BCUT2D eigenvalue weighted by molar-refractivity contribution is -0.146. The SMILES string of the molecule is CCOC(=O)CC1CCC(=O)C1=O. The summed E-state index contributed by atoms with van der Waals surface area (Å²) in [7, 11) is 0. The smallest absolute Gasteiger partial charge is 0.306 e. The fourth-order valence-corrected chi connectivity index (χ4v) is 1.40. The van der Waals surface area contributed by atoms with Crippen molar-refractivity contribution >= 4 is 17.5 Å². The van der Waals surface area contributed by atoms with Gasteiger partial charge in [-0.1, -0.05) is 0 Å². The van der Waals surface area contributed by atoms with Crippen molar-refractivity contribution < 1.29 is 19.1 Å². The zero-order chi connectivity index (χ0) is 9.84. The first kappa shape index (κ1) is 9.89. The second-order valence-corrected chi connectivity index (χ2v) is 3.03. The maximum atomic E-state index is 11.1. The Bertz CT molecular complexity index is 244. The van der Waals surface area contributed by atoms with Crippen molar-refractivity contribution in [2.24, 2.45) is 5.92 Å². The summed E-state index contributed by atoms with van der Waals surface area (Å²) in [5, 5.41) is 0. The summed E-state index contributed by atoms with van der Waals surface area (Å²) in [6, 6.07) is 0. The van der Waals surface area contributed by atoms with Crippen LogP contribution in [0.3, 0.4) is 0 Å². The molecule has 1 atom stereocenters. The van der Waals surface area contributed by atoms with Gasteiger partial charge in [0, 0.05) is 12.3 Å². The molecule has 0 aromatic carbocycles. The average Bonchev–Trinajstić information content (AvgIpc) is 2.37. The van der Waals surface area contributed by atoms with Gasteiger partial charge in [-0.3, -0.25) is 14.4 Å². The van der Waals surface area contributed by atoms with E-state index in [-0.39, 0.29) is 18.6 Å². The minimum atomic E-state index is -0.424. The molecule has 1 unspecified atom stereocenters. The molecule has 0 spiro atoms. The van der Waals surface area contributed by atoms with E-state index in [0.717, 1.165) is 0 Å². The summed E-state index contributed by atoms with van der Waals surface area (Å²) >= 11 is 0. The van der Waals surface area contributed by atoms with Gasteiger partial charge in [0.25, 0.3) is 0 Å². The fourth-order valence-electron chi connectivity index (χ4n) is 1.40. The summed E-state index contributed by atoms with van der Waals surface area (Å²) in [5.74, 6) is -1.58.